The third-order valence-corrected chi connectivity index (χ3v) is 6.96. The van der Waals surface area contributed by atoms with E-state index in [1.165, 1.54) is 6.07 Å². The summed E-state index contributed by atoms with van der Waals surface area (Å²) in [6.45, 7) is 2.03. The molecule has 170 valence electrons. The zero-order valence-electron chi connectivity index (χ0n) is 17.5. The quantitative estimate of drug-likeness (QED) is 0.389. The van der Waals surface area contributed by atoms with Crippen LogP contribution in [0.25, 0.3) is 11.1 Å². The SMILES string of the molecule is N=C(N)c1ccc(-c2cc(Cl)c(C[C@@H]3CCN(N4CCC(O)CC4)C3=O)c(Cl)c2)cc1O. The van der Waals surface area contributed by atoms with E-state index in [4.69, 9.17) is 34.3 Å². The zero-order valence-corrected chi connectivity index (χ0v) is 19.0. The van der Waals surface area contributed by atoms with Crippen LogP contribution in [-0.4, -0.2) is 57.7 Å². The van der Waals surface area contributed by atoms with Gasteiger partial charge in [0.05, 0.1) is 11.7 Å². The van der Waals surface area contributed by atoms with Crippen molar-refractivity contribution in [2.24, 2.45) is 11.7 Å². The fourth-order valence-corrected chi connectivity index (χ4v) is 5.08. The number of hydrogen-bond donors (Lipinski definition) is 4. The van der Waals surface area contributed by atoms with Crippen molar-refractivity contribution in [3.8, 4) is 16.9 Å². The Balaban J connectivity index is 1.50. The van der Waals surface area contributed by atoms with E-state index < -0.39 is 0 Å². The van der Waals surface area contributed by atoms with E-state index in [9.17, 15) is 15.0 Å². The van der Waals surface area contributed by atoms with Crippen molar-refractivity contribution in [3.63, 3.8) is 0 Å². The number of phenolic OH excluding ortho intramolecular Hbond substituents is 1. The lowest BCUT2D eigenvalue weighted by Crippen LogP contribution is -2.49. The third-order valence-electron chi connectivity index (χ3n) is 6.29. The van der Waals surface area contributed by atoms with Gasteiger partial charge in [0.1, 0.15) is 11.6 Å². The van der Waals surface area contributed by atoms with Crippen LogP contribution in [0, 0.1) is 11.3 Å². The number of hydrogen-bond acceptors (Lipinski definition) is 5. The van der Waals surface area contributed by atoms with Crippen LogP contribution in [0.4, 0.5) is 0 Å². The van der Waals surface area contributed by atoms with Gasteiger partial charge in [-0.2, -0.15) is 0 Å². The molecule has 0 saturated carbocycles. The van der Waals surface area contributed by atoms with Crippen molar-refractivity contribution in [1.82, 2.24) is 10.0 Å². The summed E-state index contributed by atoms with van der Waals surface area (Å²) < 4.78 is 0. The van der Waals surface area contributed by atoms with Gasteiger partial charge >= 0.3 is 0 Å². The number of rotatable bonds is 5. The summed E-state index contributed by atoms with van der Waals surface area (Å²) in [7, 11) is 0. The van der Waals surface area contributed by atoms with Crippen molar-refractivity contribution >= 4 is 34.9 Å². The first-order chi connectivity index (χ1) is 15.2. The molecule has 1 amide bonds. The van der Waals surface area contributed by atoms with Gasteiger partial charge in [-0.05, 0) is 66.6 Å². The Morgan fingerprint density at radius 3 is 2.31 bits per heavy atom. The third kappa shape index (κ3) is 4.57. The number of amidine groups is 1. The summed E-state index contributed by atoms with van der Waals surface area (Å²) in [5.74, 6) is -0.423. The molecule has 1 atom stereocenters. The molecule has 2 heterocycles. The number of carbonyl (C=O) groups excluding carboxylic acids is 1. The lowest BCUT2D eigenvalue weighted by molar-refractivity contribution is -0.149. The highest BCUT2D eigenvalue weighted by Crippen LogP contribution is 2.36. The topological polar surface area (TPSA) is 114 Å². The molecular weight excluding hydrogens is 451 g/mol. The Labute approximate surface area is 196 Å². The number of phenols is 1. The Bertz CT molecular complexity index is 1030. The second-order valence-electron chi connectivity index (χ2n) is 8.40. The smallest absolute Gasteiger partial charge is 0.240 e. The molecule has 2 saturated heterocycles. The molecule has 9 heteroatoms. The highest BCUT2D eigenvalue weighted by Gasteiger charge is 2.37. The summed E-state index contributed by atoms with van der Waals surface area (Å²) in [6.07, 6.45) is 2.26. The predicted octanol–water partition coefficient (Wildman–Crippen LogP) is 3.41. The molecule has 2 aromatic carbocycles. The highest BCUT2D eigenvalue weighted by molar-refractivity contribution is 6.36. The summed E-state index contributed by atoms with van der Waals surface area (Å²) in [5.41, 5.74) is 7.87. The number of halogens is 2. The molecule has 2 aliphatic rings. The molecule has 32 heavy (non-hydrogen) atoms. The van der Waals surface area contributed by atoms with Crippen LogP contribution in [0.15, 0.2) is 30.3 Å². The minimum atomic E-state index is -0.281. The fraction of sp³-hybridized carbons (Fsp3) is 0.391. The van der Waals surface area contributed by atoms with Crippen LogP contribution in [-0.2, 0) is 11.2 Å². The molecule has 0 aliphatic carbocycles. The Morgan fingerprint density at radius 2 is 1.72 bits per heavy atom. The van der Waals surface area contributed by atoms with Crippen LogP contribution in [0.1, 0.15) is 30.4 Å². The van der Waals surface area contributed by atoms with Crippen molar-refractivity contribution in [1.29, 1.82) is 5.41 Å². The van der Waals surface area contributed by atoms with Crippen molar-refractivity contribution < 1.29 is 15.0 Å². The number of amides is 1. The van der Waals surface area contributed by atoms with Gasteiger partial charge in [-0.1, -0.05) is 29.3 Å². The van der Waals surface area contributed by atoms with Crippen molar-refractivity contribution in [2.75, 3.05) is 19.6 Å². The number of piperidine rings is 1. The normalized spacial score (nSPS) is 20.2. The first-order valence-electron chi connectivity index (χ1n) is 10.6. The minimum Gasteiger partial charge on any atom is -0.507 e. The van der Waals surface area contributed by atoms with Gasteiger partial charge in [0.2, 0.25) is 5.91 Å². The summed E-state index contributed by atoms with van der Waals surface area (Å²) in [5, 5.41) is 32.1. The molecule has 0 unspecified atom stereocenters. The molecule has 2 aromatic rings. The maximum Gasteiger partial charge on any atom is 0.240 e. The number of aromatic hydroxyl groups is 1. The fourth-order valence-electron chi connectivity index (χ4n) is 4.44. The number of nitrogens with one attached hydrogen (secondary N) is 1. The first kappa shape index (κ1) is 22.9. The molecule has 5 N–H and O–H groups in total. The van der Waals surface area contributed by atoms with E-state index in [0.29, 0.717) is 54.5 Å². The summed E-state index contributed by atoms with van der Waals surface area (Å²) in [4.78, 5) is 13.0. The average Bonchev–Trinajstić information content (AvgIpc) is 3.11. The Kier molecular flexibility index (Phi) is 6.62. The molecule has 7 nitrogen and oxygen atoms in total. The van der Waals surface area contributed by atoms with E-state index in [1.54, 1.807) is 24.3 Å². The maximum atomic E-state index is 13.0. The number of carbonyl (C=O) groups is 1. The van der Waals surface area contributed by atoms with Gasteiger partial charge in [-0.15, -0.1) is 0 Å². The first-order valence-corrected chi connectivity index (χ1v) is 11.4. The standard InChI is InChI=1S/C23H26Cl2N4O3/c24-19-10-15(13-1-2-17(22(26)27)21(31)12-13)11-20(25)18(19)9-14-3-8-29(23(14)32)28-6-4-16(30)5-7-28/h1-2,10-12,14,16,30-31H,3-9H2,(H3,26,27)/t14-/m0/s1. The molecule has 4 rings (SSSR count). The number of aliphatic hydroxyl groups is 1. The molecule has 2 aliphatic heterocycles. The van der Waals surface area contributed by atoms with E-state index in [0.717, 1.165) is 17.5 Å². The zero-order chi connectivity index (χ0) is 23.0. The monoisotopic (exact) mass is 476 g/mol. The van der Waals surface area contributed by atoms with Gasteiger partial charge in [-0.3, -0.25) is 15.2 Å². The van der Waals surface area contributed by atoms with Gasteiger partial charge < -0.3 is 15.9 Å². The summed E-state index contributed by atoms with van der Waals surface area (Å²) >= 11 is 13.1. The van der Waals surface area contributed by atoms with E-state index in [-0.39, 0.29) is 35.1 Å². The predicted molar refractivity (Wildman–Crippen MR) is 125 cm³/mol. The number of nitrogens with zero attached hydrogens (tertiary/aromatic N) is 2. The van der Waals surface area contributed by atoms with Crippen LogP contribution >= 0.6 is 23.2 Å². The van der Waals surface area contributed by atoms with Gasteiger partial charge in [-0.25, -0.2) is 5.01 Å². The van der Waals surface area contributed by atoms with Crippen LogP contribution < -0.4 is 5.73 Å². The lowest BCUT2D eigenvalue weighted by Gasteiger charge is -2.36. The molecular formula is C23H26Cl2N4O3. The second-order valence-corrected chi connectivity index (χ2v) is 9.21. The highest BCUT2D eigenvalue weighted by atomic mass is 35.5. The van der Waals surface area contributed by atoms with Gasteiger partial charge in [0, 0.05) is 35.6 Å². The van der Waals surface area contributed by atoms with Crippen LogP contribution in [0.2, 0.25) is 10.0 Å². The van der Waals surface area contributed by atoms with Crippen LogP contribution in [0.5, 0.6) is 5.75 Å². The Morgan fingerprint density at radius 1 is 1.06 bits per heavy atom. The van der Waals surface area contributed by atoms with Crippen molar-refractivity contribution in [3.05, 3.63) is 51.5 Å². The number of nitrogen functional groups attached to an aromatic ring is 1. The van der Waals surface area contributed by atoms with E-state index >= 15 is 0 Å². The largest absolute Gasteiger partial charge is 0.507 e. The van der Waals surface area contributed by atoms with Gasteiger partial charge in [0.25, 0.3) is 0 Å². The van der Waals surface area contributed by atoms with Crippen molar-refractivity contribution in [2.45, 2.75) is 31.8 Å². The van der Waals surface area contributed by atoms with E-state index in [1.807, 2.05) is 10.0 Å². The molecule has 0 aromatic heterocycles. The van der Waals surface area contributed by atoms with Gasteiger partial charge in [0.15, 0.2) is 0 Å². The summed E-state index contributed by atoms with van der Waals surface area (Å²) in [6, 6.07) is 8.38. The second kappa shape index (κ2) is 9.27. The average molecular weight is 477 g/mol. The number of aliphatic hydroxyl groups excluding tert-OH is 1. The molecule has 2 fully saturated rings. The Hall–Kier alpha value is -2.32. The van der Waals surface area contributed by atoms with Crippen LogP contribution in [0.3, 0.4) is 0 Å². The number of hydrazine groups is 1. The molecule has 0 bridgehead atoms. The number of benzene rings is 2. The molecule has 0 spiro atoms. The maximum absolute atomic E-state index is 13.0. The molecule has 0 radical (unpaired) electrons. The lowest BCUT2D eigenvalue weighted by atomic mass is 9.95. The minimum absolute atomic E-state index is 0.0716. The van der Waals surface area contributed by atoms with E-state index in [2.05, 4.69) is 0 Å². The number of nitrogens with two attached hydrogens (primary N) is 1.